The lowest BCUT2D eigenvalue weighted by molar-refractivity contribution is -0.145. The fourth-order valence-corrected chi connectivity index (χ4v) is 2.43. The van der Waals surface area contributed by atoms with Crippen LogP contribution in [0.2, 0.25) is 0 Å². The highest BCUT2D eigenvalue weighted by Gasteiger charge is 2.36. The number of morpholine rings is 1. The Morgan fingerprint density at radius 1 is 1.22 bits per heavy atom. The van der Waals surface area contributed by atoms with Crippen LogP contribution in [0.25, 0.3) is 0 Å². The fourth-order valence-electron chi connectivity index (χ4n) is 2.43. The minimum absolute atomic E-state index is 0. The Hall–Kier alpha value is -1.14. The molecule has 0 aliphatic carbocycles. The highest BCUT2D eigenvalue weighted by atomic mass is 16.5. The molecule has 0 bridgehead atoms. The molecule has 18 heavy (non-hydrogen) atoms. The Balaban J connectivity index is 0.00000162. The number of nitrogens with two attached hydrogens (primary N) is 1. The van der Waals surface area contributed by atoms with Gasteiger partial charge in [-0.3, -0.25) is 9.59 Å². The van der Waals surface area contributed by atoms with E-state index in [0.717, 1.165) is 12.8 Å². The molecule has 0 aromatic heterocycles. The van der Waals surface area contributed by atoms with Gasteiger partial charge in [-0.25, -0.2) is 0 Å². The summed E-state index contributed by atoms with van der Waals surface area (Å²) in [6.07, 6.45) is 1.63. The molecule has 2 aliphatic heterocycles. The van der Waals surface area contributed by atoms with Gasteiger partial charge in [-0.15, -0.1) is 0 Å². The number of ether oxygens (including phenoxy) is 1. The average molecular weight is 257 g/mol. The number of hydrogen-bond acceptors (Lipinski definition) is 4. The fraction of sp³-hybridized carbons (Fsp3) is 0.833. The van der Waals surface area contributed by atoms with Crippen molar-refractivity contribution >= 4 is 11.8 Å². The summed E-state index contributed by atoms with van der Waals surface area (Å²) < 4.78 is 5.21. The molecule has 2 aliphatic rings. The Bertz CT molecular complexity index is 303. The Kier molecular flexibility index (Phi) is 5.55. The number of nitrogens with zero attached hydrogens (tertiary/aromatic N) is 2. The highest BCUT2D eigenvalue weighted by molar-refractivity contribution is 5.89. The first-order valence-corrected chi connectivity index (χ1v) is 6.10. The predicted molar refractivity (Wildman–Crippen MR) is 67.9 cm³/mol. The maximum absolute atomic E-state index is 12.3. The summed E-state index contributed by atoms with van der Waals surface area (Å²) in [6.45, 7) is 3.05. The van der Waals surface area contributed by atoms with Crippen LogP contribution in [0.1, 0.15) is 20.3 Å². The summed E-state index contributed by atoms with van der Waals surface area (Å²) >= 11 is 0. The topological polar surface area (TPSA) is 75.9 Å². The largest absolute Gasteiger partial charge is 0.378 e. The molecule has 6 nitrogen and oxygen atoms in total. The molecule has 104 valence electrons. The summed E-state index contributed by atoms with van der Waals surface area (Å²) in [7, 11) is 0. The molecule has 2 rings (SSSR count). The maximum Gasteiger partial charge on any atom is 0.245 e. The number of rotatable bonds is 2. The molecule has 0 aromatic rings. The molecule has 2 fully saturated rings. The Labute approximate surface area is 108 Å². The second-order valence-electron chi connectivity index (χ2n) is 4.39. The van der Waals surface area contributed by atoms with Gasteiger partial charge in [0.15, 0.2) is 0 Å². The number of carbonyl (C=O) groups excluding carboxylic acids is 2. The van der Waals surface area contributed by atoms with Crippen LogP contribution in [0, 0.1) is 0 Å². The normalized spacial score (nSPS) is 23.7. The molecule has 1 atom stereocenters. The third-order valence-corrected chi connectivity index (χ3v) is 3.36. The number of hydrogen-bond donors (Lipinski definition) is 1. The molecule has 2 saturated heterocycles. The van der Waals surface area contributed by atoms with E-state index in [-0.39, 0.29) is 31.8 Å². The molecular formula is C12H23N3O3. The van der Waals surface area contributed by atoms with Gasteiger partial charge in [0.2, 0.25) is 11.8 Å². The SMILES string of the molecule is C.NCC(=O)N1CCC[C@H]1C(=O)N1CCOCC1. The van der Waals surface area contributed by atoms with Gasteiger partial charge >= 0.3 is 0 Å². The van der Waals surface area contributed by atoms with E-state index in [1.165, 1.54) is 0 Å². The van der Waals surface area contributed by atoms with Gasteiger partial charge in [0.1, 0.15) is 6.04 Å². The minimum atomic E-state index is -0.302. The zero-order valence-electron chi connectivity index (χ0n) is 9.93. The van der Waals surface area contributed by atoms with Gasteiger partial charge in [-0.2, -0.15) is 0 Å². The van der Waals surface area contributed by atoms with Crippen molar-refractivity contribution in [3.8, 4) is 0 Å². The van der Waals surface area contributed by atoms with Gasteiger partial charge in [0.05, 0.1) is 19.8 Å². The van der Waals surface area contributed by atoms with Crippen molar-refractivity contribution in [3.05, 3.63) is 0 Å². The lowest BCUT2D eigenvalue weighted by Gasteiger charge is -2.32. The van der Waals surface area contributed by atoms with E-state index in [1.54, 1.807) is 9.80 Å². The predicted octanol–water partition coefficient (Wildman–Crippen LogP) is -0.569. The van der Waals surface area contributed by atoms with Crippen LogP contribution in [0.5, 0.6) is 0 Å². The van der Waals surface area contributed by atoms with E-state index in [2.05, 4.69) is 0 Å². The third-order valence-electron chi connectivity index (χ3n) is 3.36. The molecule has 0 aromatic carbocycles. The van der Waals surface area contributed by atoms with E-state index >= 15 is 0 Å². The first kappa shape index (κ1) is 14.9. The van der Waals surface area contributed by atoms with Crippen molar-refractivity contribution in [2.75, 3.05) is 39.4 Å². The molecule has 2 N–H and O–H groups in total. The van der Waals surface area contributed by atoms with E-state index in [0.29, 0.717) is 32.8 Å². The maximum atomic E-state index is 12.3. The van der Waals surface area contributed by atoms with Crippen LogP contribution in [-0.4, -0.2) is 67.0 Å². The van der Waals surface area contributed by atoms with Crippen molar-refractivity contribution in [1.29, 1.82) is 0 Å². The van der Waals surface area contributed by atoms with Gasteiger partial charge in [0, 0.05) is 19.6 Å². The van der Waals surface area contributed by atoms with E-state index in [4.69, 9.17) is 10.5 Å². The van der Waals surface area contributed by atoms with Crippen molar-refractivity contribution in [2.24, 2.45) is 5.73 Å². The van der Waals surface area contributed by atoms with Crippen molar-refractivity contribution in [3.63, 3.8) is 0 Å². The Morgan fingerprint density at radius 3 is 2.50 bits per heavy atom. The molecular weight excluding hydrogens is 234 g/mol. The summed E-state index contributed by atoms with van der Waals surface area (Å²) in [6, 6.07) is -0.302. The number of likely N-dealkylation sites (tertiary alicyclic amines) is 1. The lowest BCUT2D eigenvalue weighted by atomic mass is 10.2. The summed E-state index contributed by atoms with van der Waals surface area (Å²) in [5, 5.41) is 0. The Morgan fingerprint density at radius 2 is 1.89 bits per heavy atom. The molecule has 6 heteroatoms. The van der Waals surface area contributed by atoms with Crippen molar-refractivity contribution < 1.29 is 14.3 Å². The minimum Gasteiger partial charge on any atom is -0.378 e. The molecule has 0 saturated carbocycles. The van der Waals surface area contributed by atoms with E-state index in [1.807, 2.05) is 0 Å². The van der Waals surface area contributed by atoms with Crippen molar-refractivity contribution in [2.45, 2.75) is 26.3 Å². The molecule has 0 unspecified atom stereocenters. The smallest absolute Gasteiger partial charge is 0.245 e. The van der Waals surface area contributed by atoms with Crippen LogP contribution >= 0.6 is 0 Å². The zero-order valence-corrected chi connectivity index (χ0v) is 9.93. The summed E-state index contributed by atoms with van der Waals surface area (Å²) in [5.74, 6) is -0.0818. The zero-order chi connectivity index (χ0) is 12.3. The highest BCUT2D eigenvalue weighted by Crippen LogP contribution is 2.19. The van der Waals surface area contributed by atoms with Crippen molar-refractivity contribution in [1.82, 2.24) is 9.80 Å². The van der Waals surface area contributed by atoms with Gasteiger partial charge in [-0.1, -0.05) is 7.43 Å². The van der Waals surface area contributed by atoms with Crippen LogP contribution < -0.4 is 5.73 Å². The third kappa shape index (κ3) is 3.00. The van der Waals surface area contributed by atoms with Gasteiger partial charge in [-0.05, 0) is 12.8 Å². The lowest BCUT2D eigenvalue weighted by Crippen LogP contribution is -2.52. The number of carbonyl (C=O) groups is 2. The molecule has 0 spiro atoms. The van der Waals surface area contributed by atoms with Gasteiger partial charge < -0.3 is 20.3 Å². The monoisotopic (exact) mass is 257 g/mol. The van der Waals surface area contributed by atoms with E-state index < -0.39 is 0 Å². The molecule has 2 heterocycles. The van der Waals surface area contributed by atoms with Crippen LogP contribution in [0.3, 0.4) is 0 Å². The average Bonchev–Trinajstić information content (AvgIpc) is 2.87. The van der Waals surface area contributed by atoms with Gasteiger partial charge in [0.25, 0.3) is 0 Å². The first-order chi connectivity index (χ1) is 8.24. The molecule has 2 amide bonds. The van der Waals surface area contributed by atoms with Crippen LogP contribution in [0.4, 0.5) is 0 Å². The number of amides is 2. The quantitative estimate of drug-likeness (QED) is 0.719. The second kappa shape index (κ2) is 6.70. The first-order valence-electron chi connectivity index (χ1n) is 6.10. The molecule has 0 radical (unpaired) electrons. The second-order valence-corrected chi connectivity index (χ2v) is 4.39. The van der Waals surface area contributed by atoms with E-state index in [9.17, 15) is 9.59 Å². The summed E-state index contributed by atoms with van der Waals surface area (Å²) in [5.41, 5.74) is 5.36. The van der Waals surface area contributed by atoms with Crippen LogP contribution in [-0.2, 0) is 14.3 Å². The standard InChI is InChI=1S/C11H19N3O3.CH4/c12-8-10(15)14-3-1-2-9(14)11(16)13-4-6-17-7-5-13;/h9H,1-8,12H2;1H4/t9-;/m0./s1. The van der Waals surface area contributed by atoms with Crippen LogP contribution in [0.15, 0.2) is 0 Å². The summed E-state index contributed by atoms with van der Waals surface area (Å²) in [4.78, 5) is 27.3.